The normalized spacial score (nSPS) is 27.2. The average molecular weight is 373 g/mol. The number of rotatable bonds is 6. The van der Waals surface area contributed by atoms with Gasteiger partial charge in [0.25, 0.3) is 0 Å². The molecule has 2 atom stereocenters. The first-order valence-electron chi connectivity index (χ1n) is 7.46. The Hall–Kier alpha value is -0.660. The Kier molecular flexibility index (Phi) is 5.36. The minimum atomic E-state index is -0.162. The molecule has 2 fully saturated rings. The Labute approximate surface area is 139 Å². The Bertz CT molecular complexity index is 474. The largest absolute Gasteiger partial charge is 0.491 e. The lowest BCUT2D eigenvalue weighted by molar-refractivity contribution is -0.231. The molecule has 2 aliphatic rings. The number of hydrogen-bond donors (Lipinski definition) is 0. The van der Waals surface area contributed by atoms with E-state index in [1.807, 2.05) is 31.2 Å². The molecule has 5 nitrogen and oxygen atoms in total. The molecule has 0 N–H and O–H groups in total. The smallest absolute Gasteiger partial charge is 0.119 e. The van der Waals surface area contributed by atoms with Crippen molar-refractivity contribution < 1.29 is 23.7 Å². The molecule has 0 radical (unpaired) electrons. The van der Waals surface area contributed by atoms with E-state index in [1.54, 1.807) is 0 Å². The Morgan fingerprint density at radius 2 is 1.77 bits per heavy atom. The third kappa shape index (κ3) is 4.43. The van der Waals surface area contributed by atoms with Gasteiger partial charge in [-0.05, 0) is 31.2 Å². The fraction of sp³-hybridized carbons (Fsp3) is 0.625. The van der Waals surface area contributed by atoms with Gasteiger partial charge in [0.1, 0.15) is 30.2 Å². The molecule has 2 unspecified atom stereocenters. The van der Waals surface area contributed by atoms with Gasteiger partial charge in [0, 0.05) is 4.47 Å². The summed E-state index contributed by atoms with van der Waals surface area (Å²) in [6, 6.07) is 7.74. The highest BCUT2D eigenvalue weighted by molar-refractivity contribution is 9.10. The predicted octanol–water partition coefficient (Wildman–Crippen LogP) is 2.42. The lowest BCUT2D eigenvalue weighted by Gasteiger charge is -2.39. The first-order valence-corrected chi connectivity index (χ1v) is 8.26. The molecule has 0 aliphatic carbocycles. The highest BCUT2D eigenvalue weighted by atomic mass is 79.9. The van der Waals surface area contributed by atoms with Crippen molar-refractivity contribution in [3.05, 3.63) is 28.7 Å². The van der Waals surface area contributed by atoms with Crippen LogP contribution in [0.15, 0.2) is 28.7 Å². The first-order chi connectivity index (χ1) is 10.6. The van der Waals surface area contributed by atoms with Crippen LogP contribution >= 0.6 is 15.9 Å². The van der Waals surface area contributed by atoms with Gasteiger partial charge in [-0.1, -0.05) is 15.9 Å². The van der Waals surface area contributed by atoms with E-state index in [4.69, 9.17) is 23.7 Å². The quantitative estimate of drug-likeness (QED) is 0.767. The van der Waals surface area contributed by atoms with Crippen LogP contribution in [-0.4, -0.2) is 57.5 Å². The van der Waals surface area contributed by atoms with Gasteiger partial charge in [-0.2, -0.15) is 0 Å². The van der Waals surface area contributed by atoms with Crippen LogP contribution in [0.3, 0.4) is 0 Å². The maximum Gasteiger partial charge on any atom is 0.119 e. The summed E-state index contributed by atoms with van der Waals surface area (Å²) in [7, 11) is 0. The van der Waals surface area contributed by atoms with Gasteiger partial charge in [0.2, 0.25) is 0 Å². The van der Waals surface area contributed by atoms with E-state index in [2.05, 4.69) is 15.9 Å². The van der Waals surface area contributed by atoms with Crippen molar-refractivity contribution in [3.63, 3.8) is 0 Å². The van der Waals surface area contributed by atoms with Gasteiger partial charge < -0.3 is 23.7 Å². The van der Waals surface area contributed by atoms with Gasteiger partial charge >= 0.3 is 0 Å². The van der Waals surface area contributed by atoms with Crippen LogP contribution in [0, 0.1) is 0 Å². The van der Waals surface area contributed by atoms with Crippen molar-refractivity contribution in [3.8, 4) is 5.75 Å². The van der Waals surface area contributed by atoms with Crippen molar-refractivity contribution in [2.45, 2.75) is 24.7 Å². The van der Waals surface area contributed by atoms with E-state index in [0.29, 0.717) is 39.6 Å². The van der Waals surface area contributed by atoms with Gasteiger partial charge in [0.15, 0.2) is 0 Å². The molecule has 0 spiro atoms. The zero-order chi connectivity index (χ0) is 15.4. The number of benzene rings is 1. The van der Waals surface area contributed by atoms with Crippen molar-refractivity contribution >= 4 is 15.9 Å². The SMILES string of the molecule is CC1(OCC2COCC(COc3ccc(Br)cc3)O2)COC1. The summed E-state index contributed by atoms with van der Waals surface area (Å²) in [5.74, 6) is 0.823. The van der Waals surface area contributed by atoms with E-state index in [1.165, 1.54) is 0 Å². The van der Waals surface area contributed by atoms with Crippen LogP contribution in [0.2, 0.25) is 0 Å². The molecule has 2 aliphatic heterocycles. The summed E-state index contributed by atoms with van der Waals surface area (Å²) < 4.78 is 29.4. The number of ether oxygens (including phenoxy) is 5. The molecule has 2 saturated heterocycles. The molecular formula is C16H21BrO5. The summed E-state index contributed by atoms with van der Waals surface area (Å²) in [5.41, 5.74) is -0.162. The average Bonchev–Trinajstić information content (AvgIpc) is 2.51. The predicted molar refractivity (Wildman–Crippen MR) is 84.3 cm³/mol. The zero-order valence-corrected chi connectivity index (χ0v) is 14.2. The van der Waals surface area contributed by atoms with E-state index >= 15 is 0 Å². The third-order valence-electron chi connectivity index (χ3n) is 3.67. The van der Waals surface area contributed by atoms with Crippen molar-refractivity contribution in [2.24, 2.45) is 0 Å². The second-order valence-electron chi connectivity index (χ2n) is 5.94. The van der Waals surface area contributed by atoms with Crippen LogP contribution in [0.5, 0.6) is 5.75 Å². The lowest BCUT2D eigenvalue weighted by Crippen LogP contribution is -2.51. The number of halogens is 1. The minimum absolute atomic E-state index is 0.0512. The monoisotopic (exact) mass is 372 g/mol. The third-order valence-corrected chi connectivity index (χ3v) is 4.20. The maximum absolute atomic E-state index is 5.97. The summed E-state index contributed by atoms with van der Waals surface area (Å²) >= 11 is 3.40. The first kappa shape index (κ1) is 16.2. The molecule has 1 aromatic carbocycles. The van der Waals surface area contributed by atoms with Gasteiger partial charge in [0.05, 0.1) is 33.0 Å². The van der Waals surface area contributed by atoms with Gasteiger partial charge in [-0.25, -0.2) is 0 Å². The van der Waals surface area contributed by atoms with Gasteiger partial charge in [-0.15, -0.1) is 0 Å². The van der Waals surface area contributed by atoms with Crippen LogP contribution in [0.1, 0.15) is 6.92 Å². The zero-order valence-electron chi connectivity index (χ0n) is 12.6. The minimum Gasteiger partial charge on any atom is -0.491 e. The standard InChI is InChI=1S/C16H21BrO5/c1-16(10-19-11-16)21-9-15-7-18-6-14(22-15)8-20-13-4-2-12(17)3-5-13/h2-5,14-15H,6-11H2,1H3. The van der Waals surface area contributed by atoms with Crippen molar-refractivity contribution in [2.75, 3.05) is 39.6 Å². The van der Waals surface area contributed by atoms with E-state index < -0.39 is 0 Å². The molecular weight excluding hydrogens is 352 g/mol. The molecule has 0 bridgehead atoms. The van der Waals surface area contributed by atoms with Crippen LogP contribution in [-0.2, 0) is 18.9 Å². The highest BCUT2D eigenvalue weighted by Gasteiger charge is 2.36. The Morgan fingerprint density at radius 3 is 2.41 bits per heavy atom. The van der Waals surface area contributed by atoms with E-state index in [0.717, 1.165) is 10.2 Å². The van der Waals surface area contributed by atoms with Crippen LogP contribution < -0.4 is 4.74 Å². The Balaban J connectivity index is 1.41. The second kappa shape index (κ2) is 7.27. The van der Waals surface area contributed by atoms with E-state index in [-0.39, 0.29) is 17.8 Å². The van der Waals surface area contributed by atoms with Crippen molar-refractivity contribution in [1.29, 1.82) is 0 Å². The molecule has 0 saturated carbocycles. The molecule has 22 heavy (non-hydrogen) atoms. The number of hydrogen-bond acceptors (Lipinski definition) is 5. The summed E-state index contributed by atoms with van der Waals surface area (Å²) in [6.07, 6.45) is -0.124. The summed E-state index contributed by atoms with van der Waals surface area (Å²) in [5, 5.41) is 0. The van der Waals surface area contributed by atoms with Crippen molar-refractivity contribution in [1.82, 2.24) is 0 Å². The molecule has 122 valence electrons. The van der Waals surface area contributed by atoms with Crippen LogP contribution in [0.25, 0.3) is 0 Å². The molecule has 1 aromatic rings. The second-order valence-corrected chi connectivity index (χ2v) is 6.85. The molecule has 6 heteroatoms. The Morgan fingerprint density at radius 1 is 1.09 bits per heavy atom. The summed E-state index contributed by atoms with van der Waals surface area (Å²) in [6.45, 7) is 5.45. The maximum atomic E-state index is 5.97. The van der Waals surface area contributed by atoms with Crippen LogP contribution in [0.4, 0.5) is 0 Å². The highest BCUT2D eigenvalue weighted by Crippen LogP contribution is 2.22. The molecule has 0 amide bonds. The van der Waals surface area contributed by atoms with E-state index in [9.17, 15) is 0 Å². The lowest BCUT2D eigenvalue weighted by atomic mass is 10.1. The molecule has 3 rings (SSSR count). The topological polar surface area (TPSA) is 46.2 Å². The fourth-order valence-electron chi connectivity index (χ4n) is 2.34. The van der Waals surface area contributed by atoms with Gasteiger partial charge in [-0.3, -0.25) is 0 Å². The molecule has 2 heterocycles. The summed E-state index contributed by atoms with van der Waals surface area (Å²) in [4.78, 5) is 0. The molecule has 0 aromatic heterocycles. The fourth-order valence-corrected chi connectivity index (χ4v) is 2.61.